The van der Waals surface area contributed by atoms with Gasteiger partial charge in [0.1, 0.15) is 35.6 Å². The molecule has 4 fully saturated rings. The molecule has 4 aliphatic heterocycles. The molecule has 4 rings (SSSR count). The molecule has 210 valence electrons. The molecular formula is C22H40O12P2. The van der Waals surface area contributed by atoms with Gasteiger partial charge in [-0.15, -0.1) is 0 Å². The standard InChI is InChI=1S/C22H40O12P2/c1-13-15-17(33-19(3,4)5)21(31-13,9-27-15)12-30-36(25,26)34-18-16-14(2)32-22(18,10-28-16)11-29-35(23,24)20(6,7)8/h13-18H,9-12H2,1-8H3,(H,23,24)(H,25,26). The van der Waals surface area contributed by atoms with Crippen LogP contribution >= 0.6 is 15.4 Å². The zero-order valence-corrected chi connectivity index (χ0v) is 24.0. The highest BCUT2D eigenvalue weighted by molar-refractivity contribution is 7.54. The molecule has 0 radical (unpaired) electrons. The lowest BCUT2D eigenvalue weighted by atomic mass is 9.98. The maximum Gasteiger partial charge on any atom is 0.472 e. The van der Waals surface area contributed by atoms with E-state index >= 15 is 0 Å². The van der Waals surface area contributed by atoms with Gasteiger partial charge in [-0.25, -0.2) is 4.57 Å². The van der Waals surface area contributed by atoms with Crippen LogP contribution in [0.1, 0.15) is 55.4 Å². The molecule has 36 heavy (non-hydrogen) atoms. The Morgan fingerprint density at radius 3 is 1.78 bits per heavy atom. The van der Waals surface area contributed by atoms with Gasteiger partial charge in [0, 0.05) is 0 Å². The maximum absolute atomic E-state index is 13.1. The van der Waals surface area contributed by atoms with Gasteiger partial charge in [-0.05, 0) is 55.4 Å². The summed E-state index contributed by atoms with van der Waals surface area (Å²) in [6.45, 7) is 13.5. The zero-order chi connectivity index (χ0) is 26.9. The van der Waals surface area contributed by atoms with Gasteiger partial charge in [0.05, 0.1) is 49.4 Å². The first-order chi connectivity index (χ1) is 16.3. The third-order valence-electron chi connectivity index (χ3n) is 6.97. The fourth-order valence-corrected chi connectivity index (χ4v) is 6.86. The van der Waals surface area contributed by atoms with Crippen LogP contribution in [0.2, 0.25) is 0 Å². The molecule has 0 aromatic rings. The van der Waals surface area contributed by atoms with Crippen molar-refractivity contribution in [3.8, 4) is 0 Å². The van der Waals surface area contributed by atoms with Crippen LogP contribution in [-0.4, -0.2) is 94.8 Å². The molecule has 0 spiro atoms. The summed E-state index contributed by atoms with van der Waals surface area (Å²) in [5.74, 6) is 0. The van der Waals surface area contributed by atoms with Crippen molar-refractivity contribution in [3.05, 3.63) is 0 Å². The van der Waals surface area contributed by atoms with E-state index in [1.54, 1.807) is 27.7 Å². The Kier molecular flexibility index (Phi) is 7.52. The second-order valence-electron chi connectivity index (χ2n) is 12.2. The molecule has 4 bridgehead atoms. The first-order valence-corrected chi connectivity index (χ1v) is 15.3. The van der Waals surface area contributed by atoms with Gasteiger partial charge in [0.2, 0.25) is 0 Å². The minimum Gasteiger partial charge on any atom is -0.369 e. The molecule has 0 aromatic heterocycles. The van der Waals surface area contributed by atoms with Crippen molar-refractivity contribution in [3.63, 3.8) is 0 Å². The SMILES string of the molecule is CC1OC2(COP(=O)(O)OC3C4OCC3(COP(=O)(O)C(C)(C)C)OC4C)COC1C2OC(C)(C)C. The summed E-state index contributed by atoms with van der Waals surface area (Å²) >= 11 is 0. The number of phosphoric ester groups is 1. The van der Waals surface area contributed by atoms with Gasteiger partial charge in [-0.1, -0.05) is 0 Å². The second-order valence-corrected chi connectivity index (χ2v) is 16.3. The summed E-state index contributed by atoms with van der Waals surface area (Å²) < 4.78 is 72.0. The molecule has 10 unspecified atom stereocenters. The van der Waals surface area contributed by atoms with Crippen LogP contribution in [0.4, 0.5) is 0 Å². The molecule has 2 N–H and O–H groups in total. The largest absolute Gasteiger partial charge is 0.472 e. The minimum absolute atomic E-state index is 0.0294. The first-order valence-electron chi connectivity index (χ1n) is 12.2. The molecule has 12 nitrogen and oxygen atoms in total. The minimum atomic E-state index is -4.67. The smallest absolute Gasteiger partial charge is 0.369 e. The molecule has 0 aromatic carbocycles. The fraction of sp³-hybridized carbons (Fsp3) is 1.00. The highest BCUT2D eigenvalue weighted by Gasteiger charge is 2.65. The normalized spacial score (nSPS) is 43.6. The van der Waals surface area contributed by atoms with E-state index < -0.39 is 61.8 Å². The molecule has 14 heteroatoms. The van der Waals surface area contributed by atoms with Gasteiger partial charge >= 0.3 is 15.4 Å². The number of rotatable bonds is 9. The zero-order valence-electron chi connectivity index (χ0n) is 22.2. The van der Waals surface area contributed by atoms with E-state index in [2.05, 4.69) is 0 Å². The van der Waals surface area contributed by atoms with Gasteiger partial charge in [0.25, 0.3) is 0 Å². The van der Waals surface area contributed by atoms with E-state index in [4.69, 9.17) is 37.3 Å². The average molecular weight is 558 g/mol. The lowest BCUT2D eigenvalue weighted by Crippen LogP contribution is -2.49. The number of hydrogen-bond donors (Lipinski definition) is 2. The van der Waals surface area contributed by atoms with Crippen LogP contribution in [0.5, 0.6) is 0 Å². The average Bonchev–Trinajstić information content (AvgIpc) is 3.38. The summed E-state index contributed by atoms with van der Waals surface area (Å²) in [6.07, 6.45) is -3.32. The number of fused-ring (bicyclic) bond motifs is 4. The Bertz CT molecular complexity index is 931. The van der Waals surface area contributed by atoms with Gasteiger partial charge in [-0.2, -0.15) is 0 Å². The van der Waals surface area contributed by atoms with Crippen LogP contribution < -0.4 is 0 Å². The number of hydrogen-bond acceptors (Lipinski definition) is 10. The topological polar surface area (TPSA) is 148 Å². The summed E-state index contributed by atoms with van der Waals surface area (Å²) in [4.78, 5) is 21.0. The van der Waals surface area contributed by atoms with E-state index in [0.29, 0.717) is 0 Å². The van der Waals surface area contributed by atoms with E-state index in [9.17, 15) is 18.9 Å². The molecule has 0 aliphatic carbocycles. The third kappa shape index (κ3) is 5.40. The van der Waals surface area contributed by atoms with Crippen LogP contribution in [0.3, 0.4) is 0 Å². The Balaban J connectivity index is 1.45. The second kappa shape index (κ2) is 9.32. The molecule has 4 heterocycles. The summed E-state index contributed by atoms with van der Waals surface area (Å²) in [7, 11) is -8.70. The highest BCUT2D eigenvalue weighted by atomic mass is 31.2. The van der Waals surface area contributed by atoms with Gasteiger partial charge < -0.3 is 38.0 Å². The van der Waals surface area contributed by atoms with E-state index in [0.717, 1.165) is 0 Å². The number of ether oxygens (including phenoxy) is 5. The van der Waals surface area contributed by atoms with Crippen molar-refractivity contribution < 1.29 is 56.2 Å². The van der Waals surface area contributed by atoms with Crippen LogP contribution in [0.15, 0.2) is 0 Å². The predicted octanol–water partition coefficient (Wildman–Crippen LogP) is 2.79. The van der Waals surface area contributed by atoms with Gasteiger partial charge in [0.15, 0.2) is 0 Å². The van der Waals surface area contributed by atoms with Crippen molar-refractivity contribution in [1.29, 1.82) is 0 Å². The van der Waals surface area contributed by atoms with Crippen molar-refractivity contribution >= 4 is 15.4 Å². The Morgan fingerprint density at radius 2 is 1.31 bits per heavy atom. The Hall–Kier alpha value is 0.0600. The van der Waals surface area contributed by atoms with Crippen molar-refractivity contribution in [2.75, 3.05) is 26.4 Å². The summed E-state index contributed by atoms with van der Waals surface area (Å²) in [6, 6.07) is 0. The quantitative estimate of drug-likeness (QED) is 0.401. The lowest BCUT2D eigenvalue weighted by Gasteiger charge is -2.35. The third-order valence-corrected chi connectivity index (χ3v) is 10.1. The maximum atomic E-state index is 13.1. The molecule has 4 saturated heterocycles. The Labute approximate surface area is 212 Å². The van der Waals surface area contributed by atoms with Crippen LogP contribution in [0.25, 0.3) is 0 Å². The molecule has 0 amide bonds. The Morgan fingerprint density at radius 1 is 0.833 bits per heavy atom. The molecule has 10 atom stereocenters. The van der Waals surface area contributed by atoms with E-state index in [1.807, 2.05) is 27.7 Å². The molecular weight excluding hydrogens is 518 g/mol. The molecule has 0 saturated carbocycles. The summed E-state index contributed by atoms with van der Waals surface area (Å²) in [5.41, 5.74) is -2.90. The van der Waals surface area contributed by atoms with E-state index in [1.165, 1.54) is 0 Å². The van der Waals surface area contributed by atoms with E-state index in [-0.39, 0.29) is 38.6 Å². The van der Waals surface area contributed by atoms with Crippen LogP contribution in [0, 0.1) is 0 Å². The monoisotopic (exact) mass is 558 g/mol. The molecule has 4 aliphatic rings. The number of phosphoric acid groups is 1. The van der Waals surface area contributed by atoms with Crippen molar-refractivity contribution in [2.24, 2.45) is 0 Å². The van der Waals surface area contributed by atoms with Crippen molar-refractivity contribution in [2.45, 2.75) is 114 Å². The van der Waals surface area contributed by atoms with Gasteiger partial charge in [-0.3, -0.25) is 13.6 Å². The predicted molar refractivity (Wildman–Crippen MR) is 127 cm³/mol. The lowest BCUT2D eigenvalue weighted by molar-refractivity contribution is -0.166. The van der Waals surface area contributed by atoms with Crippen LogP contribution in [-0.2, 0) is 46.4 Å². The first kappa shape index (κ1) is 29.1. The highest BCUT2D eigenvalue weighted by Crippen LogP contribution is 2.58. The summed E-state index contributed by atoms with van der Waals surface area (Å²) in [5, 5.41) is -1.02. The van der Waals surface area contributed by atoms with Crippen molar-refractivity contribution in [1.82, 2.24) is 0 Å². The fourth-order valence-electron chi connectivity index (χ4n) is 5.03.